The molecule has 0 saturated heterocycles. The minimum absolute atomic E-state index is 0.0254. The van der Waals surface area contributed by atoms with Gasteiger partial charge in [0.1, 0.15) is 0 Å². The number of fused-ring (bicyclic) bond motifs is 6. The number of allylic oxidation sites excluding steroid dienone is 2. The van der Waals surface area contributed by atoms with Crippen molar-refractivity contribution in [3.05, 3.63) is 11.6 Å². The van der Waals surface area contributed by atoms with Gasteiger partial charge in [-0.1, -0.05) is 60.1 Å². The maximum Gasteiger partial charge on any atom is 0.0625 e. The fourth-order valence-corrected chi connectivity index (χ4v) is 11.3. The molecule has 0 spiro atoms. The summed E-state index contributed by atoms with van der Waals surface area (Å²) in [5.41, 5.74) is 3.32. The Kier molecular flexibility index (Phi) is 5.60. The fraction of sp³-hybridized carbons (Fsp3) is 0.935. The maximum atomic E-state index is 10.9. The Morgan fingerprint density at radius 3 is 2.15 bits per heavy atom. The zero-order valence-corrected chi connectivity index (χ0v) is 23.0. The van der Waals surface area contributed by atoms with Crippen LogP contribution in [0.2, 0.25) is 0 Å². The van der Waals surface area contributed by atoms with Gasteiger partial charge in [0.15, 0.2) is 0 Å². The molecule has 188 valence electrons. The number of hydrogen-bond donors (Lipinski definition) is 1. The van der Waals surface area contributed by atoms with E-state index in [1.165, 1.54) is 57.8 Å². The van der Waals surface area contributed by atoms with Crippen LogP contribution >= 0.6 is 0 Å². The van der Waals surface area contributed by atoms with Gasteiger partial charge in [-0.15, -0.1) is 0 Å². The second-order valence-electron chi connectivity index (χ2n) is 15.1. The molecule has 0 bridgehead atoms. The number of aliphatic hydroxyl groups excluding tert-OH is 1. The molecule has 4 fully saturated rings. The standard InChI is InChI=1S/C31H52O2/c1-27(2)22-11-9-20-19-29(5)16-13-23-28(3,4)26(33-8)15-18-31(23,7)24(29)12-10-21(20)30(22,6)17-14-25(27)32/h9,21-26,32H,10-19H2,1-8H3. The molecule has 9 unspecified atom stereocenters. The normalized spacial score (nSPS) is 52.9. The summed E-state index contributed by atoms with van der Waals surface area (Å²) < 4.78 is 6.03. The third-order valence-corrected chi connectivity index (χ3v) is 13.1. The number of rotatable bonds is 1. The van der Waals surface area contributed by atoms with Gasteiger partial charge in [-0.25, -0.2) is 0 Å². The van der Waals surface area contributed by atoms with Gasteiger partial charge >= 0.3 is 0 Å². The molecule has 4 saturated carbocycles. The quantitative estimate of drug-likeness (QED) is 0.408. The van der Waals surface area contributed by atoms with Crippen LogP contribution in [0, 0.1) is 50.7 Å². The molecule has 5 aliphatic carbocycles. The molecule has 0 amide bonds. The van der Waals surface area contributed by atoms with E-state index in [-0.39, 0.29) is 16.9 Å². The molecule has 0 aromatic rings. The second-order valence-corrected chi connectivity index (χ2v) is 15.1. The first kappa shape index (κ1) is 24.4. The van der Waals surface area contributed by atoms with Gasteiger partial charge in [0.2, 0.25) is 0 Å². The van der Waals surface area contributed by atoms with E-state index in [1.807, 2.05) is 7.11 Å². The lowest BCUT2D eigenvalue weighted by Crippen LogP contribution is -2.58. The van der Waals surface area contributed by atoms with Gasteiger partial charge in [0.25, 0.3) is 0 Å². The van der Waals surface area contributed by atoms with Crippen molar-refractivity contribution in [2.45, 2.75) is 125 Å². The van der Waals surface area contributed by atoms with E-state index in [0.717, 1.165) is 24.2 Å². The lowest BCUT2D eigenvalue weighted by molar-refractivity contribution is -0.178. The summed E-state index contributed by atoms with van der Waals surface area (Å²) in [5, 5.41) is 10.9. The highest BCUT2D eigenvalue weighted by atomic mass is 16.5. The van der Waals surface area contributed by atoms with Crippen molar-refractivity contribution in [3.63, 3.8) is 0 Å². The van der Waals surface area contributed by atoms with Crippen molar-refractivity contribution < 1.29 is 9.84 Å². The first-order valence-corrected chi connectivity index (χ1v) is 14.2. The van der Waals surface area contributed by atoms with Crippen LogP contribution in [0.15, 0.2) is 11.6 Å². The molecule has 33 heavy (non-hydrogen) atoms. The smallest absolute Gasteiger partial charge is 0.0625 e. The van der Waals surface area contributed by atoms with E-state index in [4.69, 9.17) is 4.74 Å². The van der Waals surface area contributed by atoms with Crippen molar-refractivity contribution in [2.24, 2.45) is 50.7 Å². The van der Waals surface area contributed by atoms with Gasteiger partial charge in [0.05, 0.1) is 12.2 Å². The van der Waals surface area contributed by atoms with Crippen molar-refractivity contribution in [1.82, 2.24) is 0 Å². The van der Waals surface area contributed by atoms with E-state index in [1.54, 1.807) is 5.57 Å². The van der Waals surface area contributed by atoms with Gasteiger partial charge in [-0.05, 0) is 115 Å². The molecular weight excluding hydrogens is 404 g/mol. The summed E-state index contributed by atoms with van der Waals surface area (Å²) in [6.07, 6.45) is 15.7. The zero-order chi connectivity index (χ0) is 24.0. The topological polar surface area (TPSA) is 29.5 Å². The van der Waals surface area contributed by atoms with E-state index < -0.39 is 0 Å². The minimum Gasteiger partial charge on any atom is -0.393 e. The summed E-state index contributed by atoms with van der Waals surface area (Å²) in [6.45, 7) is 17.7. The summed E-state index contributed by atoms with van der Waals surface area (Å²) in [5.74, 6) is 2.91. The number of aliphatic hydroxyl groups is 1. The van der Waals surface area contributed by atoms with Crippen LogP contribution < -0.4 is 0 Å². The predicted molar refractivity (Wildman–Crippen MR) is 137 cm³/mol. The first-order valence-electron chi connectivity index (χ1n) is 14.2. The van der Waals surface area contributed by atoms with Gasteiger partial charge < -0.3 is 9.84 Å². The van der Waals surface area contributed by atoms with Gasteiger partial charge in [0, 0.05) is 7.11 Å². The van der Waals surface area contributed by atoms with Gasteiger partial charge in [-0.3, -0.25) is 0 Å². The van der Waals surface area contributed by atoms with Crippen molar-refractivity contribution in [3.8, 4) is 0 Å². The monoisotopic (exact) mass is 456 g/mol. The average molecular weight is 457 g/mol. The Hall–Kier alpha value is -0.340. The molecule has 0 heterocycles. The summed E-state index contributed by atoms with van der Waals surface area (Å²) >= 11 is 0. The summed E-state index contributed by atoms with van der Waals surface area (Å²) in [6, 6.07) is 0. The largest absolute Gasteiger partial charge is 0.393 e. The number of hydrogen-bond acceptors (Lipinski definition) is 2. The third kappa shape index (κ3) is 3.24. The molecular formula is C31H52O2. The molecule has 5 aliphatic rings. The van der Waals surface area contributed by atoms with Crippen LogP contribution in [0.4, 0.5) is 0 Å². The highest BCUT2D eigenvalue weighted by Gasteiger charge is 2.63. The molecule has 1 N–H and O–H groups in total. The van der Waals surface area contributed by atoms with Crippen molar-refractivity contribution in [2.75, 3.05) is 7.11 Å². The van der Waals surface area contributed by atoms with E-state index in [0.29, 0.717) is 28.3 Å². The average Bonchev–Trinajstić information content (AvgIpc) is 2.88. The third-order valence-electron chi connectivity index (χ3n) is 13.1. The molecule has 0 aromatic heterocycles. The van der Waals surface area contributed by atoms with Crippen LogP contribution in [0.1, 0.15) is 113 Å². The molecule has 0 radical (unpaired) electrons. The SMILES string of the molecule is COC1CCC2(C)C3CCC4C(=CCC5C(C)(C)C(O)CCC45C)CC3(C)CCC2C1(C)C. The predicted octanol–water partition coefficient (Wildman–Crippen LogP) is 7.79. The molecule has 5 rings (SSSR count). The lowest BCUT2D eigenvalue weighted by Gasteiger charge is -2.64. The Labute approximate surface area is 204 Å². The zero-order valence-electron chi connectivity index (χ0n) is 23.0. The Morgan fingerprint density at radius 1 is 0.758 bits per heavy atom. The van der Waals surface area contributed by atoms with Crippen LogP contribution in [-0.2, 0) is 4.74 Å². The van der Waals surface area contributed by atoms with Crippen LogP contribution in [0.3, 0.4) is 0 Å². The Balaban J connectivity index is 1.49. The molecule has 0 aromatic carbocycles. The van der Waals surface area contributed by atoms with Crippen LogP contribution in [-0.4, -0.2) is 24.4 Å². The van der Waals surface area contributed by atoms with E-state index in [2.05, 4.69) is 54.5 Å². The lowest BCUT2D eigenvalue weighted by atomic mass is 9.42. The Bertz CT molecular complexity index is 810. The molecule has 2 heteroatoms. The molecule has 0 aliphatic heterocycles. The second kappa shape index (κ2) is 7.58. The van der Waals surface area contributed by atoms with Gasteiger partial charge in [-0.2, -0.15) is 0 Å². The highest BCUT2D eigenvalue weighted by Crippen LogP contribution is 2.70. The van der Waals surface area contributed by atoms with Crippen molar-refractivity contribution >= 4 is 0 Å². The highest BCUT2D eigenvalue weighted by molar-refractivity contribution is 5.25. The van der Waals surface area contributed by atoms with E-state index in [9.17, 15) is 5.11 Å². The maximum absolute atomic E-state index is 10.9. The minimum atomic E-state index is -0.144. The van der Waals surface area contributed by atoms with E-state index >= 15 is 0 Å². The molecule has 2 nitrogen and oxygen atoms in total. The first-order chi connectivity index (χ1) is 15.3. The number of methoxy groups -OCH3 is 1. The van der Waals surface area contributed by atoms with Crippen molar-refractivity contribution in [1.29, 1.82) is 0 Å². The molecule has 9 atom stereocenters. The Morgan fingerprint density at radius 2 is 1.45 bits per heavy atom. The summed E-state index contributed by atoms with van der Waals surface area (Å²) in [7, 11) is 1.94. The van der Waals surface area contributed by atoms with Crippen LogP contribution in [0.25, 0.3) is 0 Å². The summed E-state index contributed by atoms with van der Waals surface area (Å²) in [4.78, 5) is 0. The fourth-order valence-electron chi connectivity index (χ4n) is 11.3. The number of ether oxygens (including phenoxy) is 1. The van der Waals surface area contributed by atoms with Crippen LogP contribution in [0.5, 0.6) is 0 Å².